The number of hydrogen-bond donors (Lipinski definition) is 2. The topological polar surface area (TPSA) is 26.0 Å². The fraction of sp³-hybridized carbons (Fsp3) is 1.00. The zero-order valence-corrected chi connectivity index (χ0v) is 6.85. The maximum absolute atomic E-state index is 5.96. The third-order valence-corrected chi connectivity index (χ3v) is 4.48. The van der Waals surface area contributed by atoms with Gasteiger partial charge in [-0.05, 0) is 42.9 Å². The van der Waals surface area contributed by atoms with E-state index in [1.807, 2.05) is 0 Å². The van der Waals surface area contributed by atoms with Crippen molar-refractivity contribution >= 4 is 12.6 Å². The number of fused-ring (bicyclic) bond motifs is 4. The van der Waals surface area contributed by atoms with Crippen molar-refractivity contribution in [3.05, 3.63) is 0 Å². The highest BCUT2D eigenvalue weighted by Gasteiger charge is 2.67. The van der Waals surface area contributed by atoms with E-state index in [-0.39, 0.29) is 4.87 Å². The predicted octanol–water partition coefficient (Wildman–Crippen LogP) is 1.25. The first-order valence-electron chi connectivity index (χ1n) is 4.21. The lowest BCUT2D eigenvalue weighted by Gasteiger charge is -2.71. The summed E-state index contributed by atoms with van der Waals surface area (Å²) in [4.78, 5) is -0.0632. The Morgan fingerprint density at radius 3 is 2.20 bits per heavy atom. The molecular weight excluding hydrogens is 142 g/mol. The van der Waals surface area contributed by atoms with E-state index in [4.69, 9.17) is 5.73 Å². The van der Waals surface area contributed by atoms with Crippen LogP contribution in [0.4, 0.5) is 0 Å². The van der Waals surface area contributed by atoms with Gasteiger partial charge < -0.3 is 5.73 Å². The van der Waals surface area contributed by atoms with Crippen LogP contribution in [0.3, 0.4) is 0 Å². The first kappa shape index (κ1) is 5.90. The molecule has 3 aliphatic rings. The maximum atomic E-state index is 5.96. The van der Waals surface area contributed by atoms with Crippen LogP contribution >= 0.6 is 12.6 Å². The quantitative estimate of drug-likeness (QED) is 0.399. The zero-order chi connectivity index (χ0) is 6.93. The third kappa shape index (κ3) is 0.425. The summed E-state index contributed by atoms with van der Waals surface area (Å²) in [5.74, 6) is 3.85. The van der Waals surface area contributed by atoms with Gasteiger partial charge in [0.25, 0.3) is 0 Å². The molecule has 56 valence electrons. The van der Waals surface area contributed by atoms with Crippen molar-refractivity contribution in [2.45, 2.75) is 24.1 Å². The van der Waals surface area contributed by atoms with Gasteiger partial charge in [-0.15, -0.1) is 0 Å². The molecule has 0 radical (unpaired) electrons. The Morgan fingerprint density at radius 2 is 1.90 bits per heavy atom. The molecule has 0 aromatic carbocycles. The molecule has 5 atom stereocenters. The second-order valence-electron chi connectivity index (χ2n) is 4.29. The van der Waals surface area contributed by atoms with E-state index in [1.54, 1.807) is 0 Å². The van der Waals surface area contributed by atoms with E-state index in [9.17, 15) is 0 Å². The second-order valence-corrected chi connectivity index (χ2v) is 5.12. The van der Waals surface area contributed by atoms with E-state index >= 15 is 0 Å². The molecule has 3 aliphatic carbocycles. The summed E-state index contributed by atoms with van der Waals surface area (Å²) in [5, 5.41) is 0. The minimum atomic E-state index is -0.0632. The van der Waals surface area contributed by atoms with Crippen molar-refractivity contribution in [1.82, 2.24) is 0 Å². The van der Waals surface area contributed by atoms with Gasteiger partial charge in [0, 0.05) is 0 Å². The summed E-state index contributed by atoms with van der Waals surface area (Å²) in [7, 11) is 0. The van der Waals surface area contributed by atoms with E-state index < -0.39 is 0 Å². The highest BCUT2D eigenvalue weighted by Crippen LogP contribution is 2.70. The molecule has 3 saturated carbocycles. The lowest BCUT2D eigenvalue weighted by molar-refractivity contribution is -0.188. The summed E-state index contributed by atoms with van der Waals surface area (Å²) in [6, 6.07) is 0. The van der Waals surface area contributed by atoms with Gasteiger partial charge in [-0.25, -0.2) is 0 Å². The highest BCUT2D eigenvalue weighted by atomic mass is 32.1. The number of nitrogens with two attached hydrogens (primary N) is 1. The third-order valence-electron chi connectivity index (χ3n) is 4.00. The van der Waals surface area contributed by atoms with Gasteiger partial charge in [0.1, 0.15) is 0 Å². The molecule has 10 heavy (non-hydrogen) atoms. The van der Waals surface area contributed by atoms with E-state index in [0.29, 0.717) is 0 Å². The second kappa shape index (κ2) is 1.42. The monoisotopic (exact) mass is 155 g/mol. The van der Waals surface area contributed by atoms with Crippen LogP contribution in [0.5, 0.6) is 0 Å². The van der Waals surface area contributed by atoms with Crippen molar-refractivity contribution < 1.29 is 0 Å². The largest absolute Gasteiger partial charge is 0.317 e. The molecule has 0 bridgehead atoms. The van der Waals surface area contributed by atoms with E-state index in [2.05, 4.69) is 12.6 Å². The van der Waals surface area contributed by atoms with E-state index in [0.717, 1.165) is 23.7 Å². The molecule has 0 heterocycles. The van der Waals surface area contributed by atoms with Gasteiger partial charge in [-0.1, -0.05) is 0 Å². The smallest absolute Gasteiger partial charge is 0.0627 e. The molecule has 0 aromatic heterocycles. The van der Waals surface area contributed by atoms with Crippen molar-refractivity contribution in [3.8, 4) is 0 Å². The van der Waals surface area contributed by atoms with Gasteiger partial charge in [-0.3, -0.25) is 0 Å². The molecule has 0 saturated heterocycles. The Labute approximate surface area is 66.8 Å². The summed E-state index contributed by atoms with van der Waals surface area (Å²) in [6.07, 6.45) is 4.10. The lowest BCUT2D eigenvalue weighted by Crippen LogP contribution is -2.72. The predicted molar refractivity (Wildman–Crippen MR) is 43.7 cm³/mol. The Bertz CT molecular complexity index is 184. The lowest BCUT2D eigenvalue weighted by atomic mass is 9.37. The van der Waals surface area contributed by atoms with Crippen molar-refractivity contribution in [3.63, 3.8) is 0 Å². The van der Waals surface area contributed by atoms with Crippen LogP contribution in [0, 0.1) is 23.7 Å². The van der Waals surface area contributed by atoms with Gasteiger partial charge in [-0.2, -0.15) is 12.6 Å². The first-order chi connectivity index (χ1) is 4.70. The van der Waals surface area contributed by atoms with Crippen LogP contribution in [0.1, 0.15) is 19.3 Å². The van der Waals surface area contributed by atoms with Crippen LogP contribution in [0.2, 0.25) is 0 Å². The normalized spacial score (nSPS) is 70.2. The number of thiol groups is 1. The molecule has 0 aliphatic heterocycles. The average molecular weight is 155 g/mol. The molecule has 3 rings (SSSR count). The Balaban J connectivity index is 1.84. The summed E-state index contributed by atoms with van der Waals surface area (Å²) in [5.41, 5.74) is 5.96. The maximum Gasteiger partial charge on any atom is 0.0627 e. The van der Waals surface area contributed by atoms with Crippen LogP contribution in [0.25, 0.3) is 0 Å². The van der Waals surface area contributed by atoms with Crippen LogP contribution in [0.15, 0.2) is 0 Å². The fourth-order valence-electron chi connectivity index (χ4n) is 3.34. The highest BCUT2D eigenvalue weighted by molar-refractivity contribution is 7.81. The van der Waals surface area contributed by atoms with Gasteiger partial charge in [0.15, 0.2) is 0 Å². The Kier molecular flexibility index (Phi) is 0.835. The molecule has 0 spiro atoms. The molecule has 1 nitrogen and oxygen atoms in total. The molecular formula is C8H13NS. The molecule has 2 N–H and O–H groups in total. The molecule has 0 amide bonds. The Hall–Kier alpha value is 0.310. The molecule has 3 fully saturated rings. The first-order valence-corrected chi connectivity index (χ1v) is 4.66. The number of hydrogen-bond acceptors (Lipinski definition) is 2. The molecule has 5 unspecified atom stereocenters. The van der Waals surface area contributed by atoms with Crippen LogP contribution < -0.4 is 5.73 Å². The Morgan fingerprint density at radius 1 is 1.20 bits per heavy atom. The molecule has 0 aromatic rings. The minimum Gasteiger partial charge on any atom is -0.317 e. The van der Waals surface area contributed by atoms with Crippen LogP contribution in [-0.2, 0) is 0 Å². The fourth-order valence-corrected chi connectivity index (χ4v) is 3.93. The van der Waals surface area contributed by atoms with E-state index in [1.165, 1.54) is 19.3 Å². The standard InChI is InChI=1S/C8H13NS/c9-8(10)3-6-4-1-2-5(4)7(6)8/h4-7,10H,1-3,9H2. The van der Waals surface area contributed by atoms with Crippen LogP contribution in [-0.4, -0.2) is 4.87 Å². The summed E-state index contributed by atoms with van der Waals surface area (Å²) < 4.78 is 0. The van der Waals surface area contributed by atoms with Gasteiger partial charge in [0.2, 0.25) is 0 Å². The van der Waals surface area contributed by atoms with Crippen molar-refractivity contribution in [1.29, 1.82) is 0 Å². The van der Waals surface area contributed by atoms with Crippen molar-refractivity contribution in [2.24, 2.45) is 29.4 Å². The average Bonchev–Trinajstić information content (AvgIpc) is 1.79. The van der Waals surface area contributed by atoms with Gasteiger partial charge in [0.05, 0.1) is 4.87 Å². The van der Waals surface area contributed by atoms with Crippen molar-refractivity contribution in [2.75, 3.05) is 0 Å². The molecule has 2 heteroatoms. The zero-order valence-electron chi connectivity index (χ0n) is 5.96. The SMILES string of the molecule is NC1(S)CC2C3CCC3C21. The summed E-state index contributed by atoms with van der Waals surface area (Å²) >= 11 is 4.46. The minimum absolute atomic E-state index is 0.0632. The number of rotatable bonds is 0. The summed E-state index contributed by atoms with van der Waals surface area (Å²) in [6.45, 7) is 0. The van der Waals surface area contributed by atoms with Gasteiger partial charge >= 0.3 is 0 Å².